The minimum atomic E-state index is 0.819. The SMILES string of the molecule is c1ccc(-c2ccc(N(c3ccccc3)c3ccc4c(c3)Oc3ccc5c6c(ccc-4c36)Oc3cc(N(c4ccccc4)c4ccc(-c6ccccc6)cc4)ccc3-5)cc2)cc1. The molecule has 0 spiro atoms. The Labute approximate surface area is 360 Å². The van der Waals surface area contributed by atoms with E-state index in [-0.39, 0.29) is 0 Å². The van der Waals surface area contributed by atoms with Gasteiger partial charge in [0, 0.05) is 68.2 Å². The van der Waals surface area contributed by atoms with Gasteiger partial charge in [-0.1, -0.05) is 121 Å². The summed E-state index contributed by atoms with van der Waals surface area (Å²) >= 11 is 0. The quantitative estimate of drug-likeness (QED) is 0.153. The molecule has 292 valence electrons. The Bertz CT molecular complexity index is 3040. The van der Waals surface area contributed by atoms with Gasteiger partial charge in [-0.15, -0.1) is 0 Å². The Hall–Kier alpha value is -8.34. The molecule has 0 atom stereocenters. The van der Waals surface area contributed by atoms with Crippen LogP contribution < -0.4 is 19.3 Å². The number of ether oxygens (including phenoxy) is 2. The molecule has 4 heteroatoms. The first kappa shape index (κ1) is 35.6. The third-order valence-corrected chi connectivity index (χ3v) is 12.0. The molecular formula is C58H38N2O2. The number of anilines is 6. The highest BCUT2D eigenvalue weighted by Crippen LogP contribution is 2.56. The zero-order valence-corrected chi connectivity index (χ0v) is 33.7. The molecule has 0 N–H and O–H groups in total. The first-order valence-electron chi connectivity index (χ1n) is 21.0. The standard InChI is InChI=1S/C58H38N2O2/c1-5-13-39(14-6-1)41-21-25-45(26-22-41)59(43-17-9-3-10-18-43)47-29-31-49-51-33-36-54-58-52(34-35-53(57(51)58)61-55(49)37-47)50-32-30-48(38-56(50)62-54)60(44-19-11-4-12-20-44)46-27-23-42(24-28-46)40-15-7-2-8-16-40/h1-38H. The number of hydrogen-bond donors (Lipinski definition) is 0. The van der Waals surface area contributed by atoms with Crippen LogP contribution in [-0.2, 0) is 0 Å². The number of para-hydroxylation sites is 2. The number of hydrogen-bond acceptors (Lipinski definition) is 4. The summed E-state index contributed by atoms with van der Waals surface area (Å²) in [6, 6.07) is 81.2. The first-order valence-corrected chi connectivity index (χ1v) is 21.0. The normalized spacial score (nSPS) is 11.8. The summed E-state index contributed by atoms with van der Waals surface area (Å²) in [5, 5.41) is 2.13. The van der Waals surface area contributed by atoms with E-state index in [0.717, 1.165) is 90.1 Å². The molecule has 0 amide bonds. The van der Waals surface area contributed by atoms with E-state index >= 15 is 0 Å². The topological polar surface area (TPSA) is 24.9 Å². The third kappa shape index (κ3) is 6.08. The van der Waals surface area contributed by atoms with Gasteiger partial charge in [-0.2, -0.15) is 0 Å². The average Bonchev–Trinajstić information content (AvgIpc) is 3.34. The highest BCUT2D eigenvalue weighted by molar-refractivity contribution is 6.14. The maximum absolute atomic E-state index is 6.85. The largest absolute Gasteiger partial charge is 0.456 e. The Balaban J connectivity index is 0.907. The lowest BCUT2D eigenvalue weighted by atomic mass is 9.88. The highest BCUT2D eigenvalue weighted by Gasteiger charge is 2.29. The van der Waals surface area contributed by atoms with Gasteiger partial charge in [0.2, 0.25) is 0 Å². The van der Waals surface area contributed by atoms with Crippen LogP contribution in [0.1, 0.15) is 0 Å². The lowest BCUT2D eigenvalue weighted by Crippen LogP contribution is -2.11. The second kappa shape index (κ2) is 14.7. The summed E-state index contributed by atoms with van der Waals surface area (Å²) in [4.78, 5) is 4.57. The molecule has 0 unspecified atom stereocenters. The highest BCUT2D eigenvalue weighted by atomic mass is 16.5. The predicted octanol–water partition coefficient (Wildman–Crippen LogP) is 16.7. The summed E-state index contributed by atoms with van der Waals surface area (Å²) in [6.45, 7) is 0. The molecule has 0 radical (unpaired) electrons. The number of rotatable bonds is 8. The van der Waals surface area contributed by atoms with Gasteiger partial charge in [0.25, 0.3) is 0 Å². The number of nitrogens with zero attached hydrogens (tertiary/aromatic N) is 2. The molecule has 12 rings (SSSR count). The van der Waals surface area contributed by atoms with Crippen LogP contribution in [0.25, 0.3) is 55.3 Å². The summed E-state index contributed by atoms with van der Waals surface area (Å²) in [6.07, 6.45) is 0. The first-order chi connectivity index (χ1) is 30.7. The fraction of sp³-hybridized carbons (Fsp3) is 0. The zero-order valence-electron chi connectivity index (χ0n) is 33.7. The van der Waals surface area contributed by atoms with Crippen molar-refractivity contribution < 1.29 is 9.47 Å². The minimum absolute atomic E-state index is 0.819. The fourth-order valence-electron chi connectivity index (χ4n) is 9.12. The predicted molar refractivity (Wildman–Crippen MR) is 255 cm³/mol. The van der Waals surface area contributed by atoms with Crippen molar-refractivity contribution in [2.75, 3.05) is 9.80 Å². The fourth-order valence-corrected chi connectivity index (χ4v) is 9.12. The van der Waals surface area contributed by atoms with E-state index in [4.69, 9.17) is 9.47 Å². The van der Waals surface area contributed by atoms with Crippen LogP contribution in [-0.4, -0.2) is 0 Å². The molecular weight excluding hydrogens is 757 g/mol. The van der Waals surface area contributed by atoms with E-state index in [0.29, 0.717) is 0 Å². The molecule has 2 aliphatic rings. The van der Waals surface area contributed by atoms with E-state index in [1.807, 2.05) is 0 Å². The van der Waals surface area contributed by atoms with Crippen LogP contribution in [0.4, 0.5) is 34.1 Å². The molecule has 4 nitrogen and oxygen atoms in total. The van der Waals surface area contributed by atoms with Crippen molar-refractivity contribution in [2.45, 2.75) is 0 Å². The molecule has 10 aromatic rings. The molecule has 62 heavy (non-hydrogen) atoms. The van der Waals surface area contributed by atoms with Gasteiger partial charge >= 0.3 is 0 Å². The van der Waals surface area contributed by atoms with Crippen molar-refractivity contribution in [2.24, 2.45) is 0 Å². The van der Waals surface area contributed by atoms with Crippen LogP contribution in [0.3, 0.4) is 0 Å². The van der Waals surface area contributed by atoms with Crippen LogP contribution in [0, 0.1) is 0 Å². The minimum Gasteiger partial charge on any atom is -0.456 e. The van der Waals surface area contributed by atoms with Crippen molar-refractivity contribution in [3.63, 3.8) is 0 Å². The molecule has 2 heterocycles. The Morgan fingerprint density at radius 2 is 0.532 bits per heavy atom. The summed E-state index contributed by atoms with van der Waals surface area (Å²) in [5.74, 6) is 3.28. The number of benzene rings is 10. The maximum Gasteiger partial charge on any atom is 0.137 e. The van der Waals surface area contributed by atoms with Crippen LogP contribution >= 0.6 is 0 Å². The van der Waals surface area contributed by atoms with Crippen LogP contribution in [0.5, 0.6) is 23.0 Å². The Morgan fingerprint density at radius 1 is 0.226 bits per heavy atom. The monoisotopic (exact) mass is 794 g/mol. The second-order valence-corrected chi connectivity index (χ2v) is 15.7. The molecule has 10 aromatic carbocycles. The zero-order chi connectivity index (χ0) is 41.0. The molecule has 0 aromatic heterocycles. The molecule has 0 bridgehead atoms. The van der Waals surface area contributed by atoms with E-state index in [1.165, 1.54) is 22.3 Å². The van der Waals surface area contributed by atoms with Crippen molar-refractivity contribution in [1.29, 1.82) is 0 Å². The molecule has 0 saturated carbocycles. The lowest BCUT2D eigenvalue weighted by molar-refractivity contribution is 0.480. The van der Waals surface area contributed by atoms with Gasteiger partial charge in [0.05, 0.1) is 0 Å². The third-order valence-electron chi connectivity index (χ3n) is 12.0. The number of fused-ring (bicyclic) bond motifs is 4. The Morgan fingerprint density at radius 3 is 0.919 bits per heavy atom. The van der Waals surface area contributed by atoms with E-state index in [9.17, 15) is 0 Å². The Kier molecular flexibility index (Phi) is 8.46. The molecule has 2 aliphatic heterocycles. The van der Waals surface area contributed by atoms with Crippen LogP contribution in [0.15, 0.2) is 231 Å². The van der Waals surface area contributed by atoms with E-state index in [1.54, 1.807) is 0 Å². The van der Waals surface area contributed by atoms with Gasteiger partial charge in [-0.25, -0.2) is 0 Å². The van der Waals surface area contributed by atoms with Gasteiger partial charge in [0.15, 0.2) is 0 Å². The van der Waals surface area contributed by atoms with Gasteiger partial charge in [0.1, 0.15) is 23.0 Å². The molecule has 0 aliphatic carbocycles. The van der Waals surface area contributed by atoms with E-state index < -0.39 is 0 Å². The summed E-state index contributed by atoms with van der Waals surface area (Å²) < 4.78 is 13.7. The average molecular weight is 795 g/mol. The van der Waals surface area contributed by atoms with Crippen molar-refractivity contribution >= 4 is 44.9 Å². The maximum atomic E-state index is 6.85. The van der Waals surface area contributed by atoms with E-state index in [2.05, 4.69) is 240 Å². The smallest absolute Gasteiger partial charge is 0.137 e. The van der Waals surface area contributed by atoms with Crippen molar-refractivity contribution in [3.8, 4) is 67.5 Å². The van der Waals surface area contributed by atoms with Gasteiger partial charge < -0.3 is 19.3 Å². The molecule has 0 fully saturated rings. The summed E-state index contributed by atoms with van der Waals surface area (Å²) in [7, 11) is 0. The molecule has 0 saturated heterocycles. The lowest BCUT2D eigenvalue weighted by Gasteiger charge is -2.30. The van der Waals surface area contributed by atoms with Crippen LogP contribution in [0.2, 0.25) is 0 Å². The van der Waals surface area contributed by atoms with Crippen molar-refractivity contribution in [3.05, 3.63) is 231 Å². The van der Waals surface area contributed by atoms with Gasteiger partial charge in [-0.3, -0.25) is 0 Å². The summed E-state index contributed by atoms with van der Waals surface area (Å²) in [5.41, 5.74) is 15.4. The van der Waals surface area contributed by atoms with Gasteiger partial charge in [-0.05, 0) is 130 Å². The second-order valence-electron chi connectivity index (χ2n) is 15.7. The van der Waals surface area contributed by atoms with Crippen molar-refractivity contribution in [1.82, 2.24) is 0 Å².